The molecule has 1 aliphatic rings. The van der Waals surface area contributed by atoms with E-state index in [1.807, 2.05) is 0 Å². The van der Waals surface area contributed by atoms with Crippen molar-refractivity contribution in [1.29, 1.82) is 0 Å². The van der Waals surface area contributed by atoms with Crippen molar-refractivity contribution in [2.45, 2.75) is 142 Å². The molecule has 54 heavy (non-hydrogen) atoms. The molecule has 0 radical (unpaired) electrons. The van der Waals surface area contributed by atoms with E-state index in [4.69, 9.17) is 0 Å². The molecule has 0 aliphatic heterocycles. The summed E-state index contributed by atoms with van der Waals surface area (Å²) in [7, 11) is 2.18. The van der Waals surface area contributed by atoms with Crippen LogP contribution in [0.1, 0.15) is 152 Å². The molecule has 0 N–H and O–H groups in total. The van der Waals surface area contributed by atoms with Crippen molar-refractivity contribution in [2.75, 3.05) is 11.9 Å². The fraction of sp³-hybridized carbons (Fsp3) is 0.434. The number of benzene rings is 5. The molecule has 1 unspecified atom stereocenters. The predicted octanol–water partition coefficient (Wildman–Crippen LogP) is 16.4. The quantitative estimate of drug-likeness (QED) is 0.0725. The minimum atomic E-state index is 0.0402. The second-order valence-electron chi connectivity index (χ2n) is 16.5. The molecular weight excluding hydrogens is 651 g/mol. The van der Waals surface area contributed by atoms with Crippen LogP contribution >= 0.6 is 0 Å². The highest BCUT2D eigenvalue weighted by atomic mass is 15.1. The Balaban J connectivity index is 1.35. The molecule has 0 fully saturated rings. The zero-order valence-corrected chi connectivity index (χ0v) is 34.5. The summed E-state index contributed by atoms with van der Waals surface area (Å²) in [6.07, 6.45) is 19.6. The highest BCUT2D eigenvalue weighted by Gasteiger charge is 2.42. The second kappa shape index (κ2) is 19.0. The van der Waals surface area contributed by atoms with Gasteiger partial charge in [-0.3, -0.25) is 0 Å². The number of nitrogens with zero attached hydrogens (tertiary/aromatic N) is 1. The first-order valence-electron chi connectivity index (χ1n) is 21.7. The summed E-state index contributed by atoms with van der Waals surface area (Å²) in [5, 5.41) is 0. The third kappa shape index (κ3) is 9.05. The fourth-order valence-corrected chi connectivity index (χ4v) is 8.97. The lowest BCUT2D eigenvalue weighted by atomic mass is 9.70. The Kier molecular flexibility index (Phi) is 13.9. The van der Waals surface area contributed by atoms with Crippen LogP contribution in [0.4, 0.5) is 11.4 Å². The van der Waals surface area contributed by atoms with Crippen LogP contribution in [0.3, 0.4) is 0 Å². The van der Waals surface area contributed by atoms with Gasteiger partial charge in [-0.2, -0.15) is 0 Å². The van der Waals surface area contributed by atoms with Gasteiger partial charge in [0.05, 0.1) is 0 Å². The number of rotatable bonds is 20. The highest BCUT2D eigenvalue weighted by Crippen LogP contribution is 2.56. The standard InChI is InChI=1S/C53H67N/c1-7-10-12-14-16-18-36-53(37-19-17-15-13-11-8-2)51-38-45(43-22-20-40(4)21-23-43)28-34-49(51)50-35-29-46(39-52(50)53)44-26-32-48(33-27-44)54(6)47-30-24-42(25-31-47)41(5)9-3/h20-35,38-39,41H,7-19,36-37H2,1-6H3. The molecule has 0 aromatic heterocycles. The monoisotopic (exact) mass is 718 g/mol. The topological polar surface area (TPSA) is 3.24 Å². The van der Waals surface area contributed by atoms with E-state index in [2.05, 4.69) is 156 Å². The van der Waals surface area contributed by atoms with Crippen LogP contribution in [0.5, 0.6) is 0 Å². The zero-order chi connectivity index (χ0) is 37.9. The summed E-state index contributed by atoms with van der Waals surface area (Å²) < 4.78 is 0. The number of fused-ring (bicyclic) bond motifs is 3. The van der Waals surface area contributed by atoms with Gasteiger partial charge in [0.2, 0.25) is 0 Å². The Morgan fingerprint density at radius 2 is 0.889 bits per heavy atom. The van der Waals surface area contributed by atoms with Crippen LogP contribution in [0.15, 0.2) is 109 Å². The van der Waals surface area contributed by atoms with E-state index in [-0.39, 0.29) is 5.41 Å². The Bertz CT molecular complexity index is 1880. The molecule has 0 saturated carbocycles. The van der Waals surface area contributed by atoms with Gasteiger partial charge in [-0.1, -0.05) is 183 Å². The largest absolute Gasteiger partial charge is 0.345 e. The number of anilines is 2. The van der Waals surface area contributed by atoms with E-state index in [0.29, 0.717) is 5.92 Å². The first-order valence-corrected chi connectivity index (χ1v) is 21.7. The molecule has 0 saturated heterocycles. The van der Waals surface area contributed by atoms with Crippen molar-refractivity contribution in [2.24, 2.45) is 0 Å². The number of aryl methyl sites for hydroxylation is 1. The van der Waals surface area contributed by atoms with Crippen molar-refractivity contribution >= 4 is 11.4 Å². The van der Waals surface area contributed by atoms with E-state index < -0.39 is 0 Å². The number of hydrogen-bond donors (Lipinski definition) is 0. The van der Waals surface area contributed by atoms with E-state index in [0.717, 1.165) is 0 Å². The summed E-state index contributed by atoms with van der Waals surface area (Å²) in [5.74, 6) is 0.592. The smallest absolute Gasteiger partial charge is 0.0408 e. The van der Waals surface area contributed by atoms with Gasteiger partial charge in [0.15, 0.2) is 0 Å². The number of unbranched alkanes of at least 4 members (excludes halogenated alkanes) is 10. The maximum Gasteiger partial charge on any atom is 0.0408 e. The lowest BCUT2D eigenvalue weighted by Gasteiger charge is -2.33. The molecule has 5 aromatic carbocycles. The lowest BCUT2D eigenvalue weighted by molar-refractivity contribution is 0.398. The van der Waals surface area contributed by atoms with Crippen LogP contribution in [-0.2, 0) is 5.41 Å². The molecule has 6 rings (SSSR count). The third-order valence-corrected chi connectivity index (χ3v) is 12.7. The fourth-order valence-electron chi connectivity index (χ4n) is 8.97. The van der Waals surface area contributed by atoms with E-state index in [1.54, 1.807) is 11.1 Å². The van der Waals surface area contributed by atoms with Crippen LogP contribution in [0.2, 0.25) is 0 Å². The van der Waals surface area contributed by atoms with Gasteiger partial charge in [-0.15, -0.1) is 0 Å². The lowest BCUT2D eigenvalue weighted by Crippen LogP contribution is -2.25. The first kappa shape index (κ1) is 39.6. The Morgan fingerprint density at radius 3 is 1.35 bits per heavy atom. The molecule has 1 aliphatic carbocycles. The van der Waals surface area contributed by atoms with Gasteiger partial charge in [-0.25, -0.2) is 0 Å². The summed E-state index contributed by atoms with van der Waals surface area (Å²) in [6.45, 7) is 11.4. The van der Waals surface area contributed by atoms with Gasteiger partial charge in [0, 0.05) is 23.8 Å². The van der Waals surface area contributed by atoms with E-state index >= 15 is 0 Å². The first-order chi connectivity index (χ1) is 26.4. The van der Waals surface area contributed by atoms with Crippen LogP contribution in [-0.4, -0.2) is 7.05 Å². The molecule has 5 aromatic rings. The third-order valence-electron chi connectivity index (χ3n) is 12.7. The number of hydrogen-bond acceptors (Lipinski definition) is 1. The normalized spacial score (nSPS) is 13.4. The second-order valence-corrected chi connectivity index (χ2v) is 16.5. The molecule has 0 amide bonds. The van der Waals surface area contributed by atoms with Gasteiger partial charge < -0.3 is 4.90 Å². The molecular formula is C53H67N. The van der Waals surface area contributed by atoms with Gasteiger partial charge in [0.1, 0.15) is 0 Å². The average Bonchev–Trinajstić information content (AvgIpc) is 3.48. The van der Waals surface area contributed by atoms with Crippen molar-refractivity contribution in [3.05, 3.63) is 131 Å². The van der Waals surface area contributed by atoms with Crippen molar-refractivity contribution in [3.63, 3.8) is 0 Å². The molecule has 0 heterocycles. The molecule has 284 valence electrons. The minimum absolute atomic E-state index is 0.0402. The average molecular weight is 718 g/mol. The van der Waals surface area contributed by atoms with Crippen LogP contribution < -0.4 is 4.90 Å². The van der Waals surface area contributed by atoms with Crippen molar-refractivity contribution < 1.29 is 0 Å². The van der Waals surface area contributed by atoms with E-state index in [1.165, 1.54) is 152 Å². The summed E-state index contributed by atoms with van der Waals surface area (Å²) in [5.41, 5.74) is 16.6. The zero-order valence-electron chi connectivity index (χ0n) is 34.5. The molecule has 1 nitrogen and oxygen atoms in total. The van der Waals surface area contributed by atoms with Crippen molar-refractivity contribution in [3.8, 4) is 33.4 Å². The Labute approximate surface area is 329 Å². The molecule has 0 spiro atoms. The Morgan fingerprint density at radius 1 is 0.481 bits per heavy atom. The maximum absolute atomic E-state index is 2.60. The SMILES string of the molecule is CCCCCCCCC1(CCCCCCCC)c2cc(-c3ccc(C)cc3)ccc2-c2ccc(-c3ccc(N(C)c4ccc(C(C)CC)cc4)cc3)cc21. The minimum Gasteiger partial charge on any atom is -0.345 e. The van der Waals surface area contributed by atoms with Gasteiger partial charge in [0.25, 0.3) is 0 Å². The predicted molar refractivity (Wildman–Crippen MR) is 237 cm³/mol. The van der Waals surface area contributed by atoms with Gasteiger partial charge >= 0.3 is 0 Å². The maximum atomic E-state index is 2.60. The van der Waals surface area contributed by atoms with Crippen molar-refractivity contribution in [1.82, 2.24) is 0 Å². The molecule has 1 heteroatoms. The summed E-state index contributed by atoms with van der Waals surface area (Å²) in [6, 6.07) is 42.4. The van der Waals surface area contributed by atoms with Crippen LogP contribution in [0, 0.1) is 6.92 Å². The Hall–Kier alpha value is -4.10. The van der Waals surface area contributed by atoms with Crippen LogP contribution in [0.25, 0.3) is 33.4 Å². The summed E-state index contributed by atoms with van der Waals surface area (Å²) >= 11 is 0. The molecule has 0 bridgehead atoms. The van der Waals surface area contributed by atoms with Gasteiger partial charge in [-0.05, 0) is 119 Å². The highest BCUT2D eigenvalue weighted by molar-refractivity contribution is 5.86. The summed E-state index contributed by atoms with van der Waals surface area (Å²) in [4.78, 5) is 2.31. The molecule has 1 atom stereocenters. The van der Waals surface area contributed by atoms with E-state index in [9.17, 15) is 0 Å².